The number of hydrogen-bond acceptors (Lipinski definition) is 4. The zero-order valence-electron chi connectivity index (χ0n) is 14.3. The minimum absolute atomic E-state index is 0.00854. The Morgan fingerprint density at radius 2 is 1.64 bits per heavy atom. The predicted octanol–water partition coefficient (Wildman–Crippen LogP) is 2.02. The molecule has 0 saturated carbocycles. The van der Waals surface area contributed by atoms with Gasteiger partial charge in [-0.1, -0.05) is 36.4 Å². The molecule has 1 aliphatic rings. The van der Waals surface area contributed by atoms with Gasteiger partial charge in [-0.15, -0.1) is 0 Å². The van der Waals surface area contributed by atoms with Crippen LogP contribution >= 0.6 is 0 Å². The molecule has 0 aromatic heterocycles. The zero-order valence-corrected chi connectivity index (χ0v) is 14.3. The highest BCUT2D eigenvalue weighted by molar-refractivity contribution is 5.94. The monoisotopic (exact) mass is 340 g/mol. The van der Waals surface area contributed by atoms with Crippen molar-refractivity contribution in [3.8, 4) is 5.75 Å². The summed E-state index contributed by atoms with van der Waals surface area (Å²) in [7, 11) is 0. The van der Waals surface area contributed by atoms with Crippen LogP contribution in [-0.2, 0) is 6.54 Å². The Balaban J connectivity index is 1.56. The fourth-order valence-corrected chi connectivity index (χ4v) is 3.04. The number of hydrogen-bond donors (Lipinski definition) is 1. The number of benzene rings is 2. The van der Waals surface area contributed by atoms with Gasteiger partial charge in [-0.05, 0) is 18.2 Å². The fraction of sp³-hybridized carbons (Fsp3) is 0.350. The lowest BCUT2D eigenvalue weighted by molar-refractivity contribution is 0.0627. The second kappa shape index (κ2) is 8.65. The molecule has 0 unspecified atom stereocenters. The average molecular weight is 340 g/mol. The minimum atomic E-state index is 0.00854. The average Bonchev–Trinajstić information content (AvgIpc) is 2.68. The van der Waals surface area contributed by atoms with E-state index in [0.717, 1.165) is 49.6 Å². The second-order valence-corrected chi connectivity index (χ2v) is 6.11. The molecule has 3 rings (SSSR count). The van der Waals surface area contributed by atoms with Crippen LogP contribution in [0.25, 0.3) is 0 Å². The van der Waals surface area contributed by atoms with Crippen molar-refractivity contribution in [3.05, 3.63) is 65.7 Å². The Kier molecular flexibility index (Phi) is 6.04. The number of rotatable bonds is 6. The molecule has 132 valence electrons. The predicted molar refractivity (Wildman–Crippen MR) is 96.6 cm³/mol. The van der Waals surface area contributed by atoms with Gasteiger partial charge >= 0.3 is 0 Å². The molecule has 0 spiro atoms. The molecule has 2 aromatic rings. The maximum absolute atomic E-state index is 12.5. The van der Waals surface area contributed by atoms with E-state index >= 15 is 0 Å². The van der Waals surface area contributed by atoms with E-state index in [1.54, 1.807) is 0 Å². The minimum Gasteiger partial charge on any atom is -0.491 e. The van der Waals surface area contributed by atoms with E-state index < -0.39 is 0 Å². The zero-order chi connectivity index (χ0) is 17.5. The van der Waals surface area contributed by atoms with Gasteiger partial charge in [0.15, 0.2) is 0 Å². The van der Waals surface area contributed by atoms with Crippen molar-refractivity contribution in [2.45, 2.75) is 6.54 Å². The lowest BCUT2D eigenvalue weighted by atomic mass is 10.1. The molecule has 0 bridgehead atoms. The summed E-state index contributed by atoms with van der Waals surface area (Å²) in [5.41, 5.74) is 1.86. The van der Waals surface area contributed by atoms with Crippen LogP contribution in [0.3, 0.4) is 0 Å². The quantitative estimate of drug-likeness (QED) is 0.874. The van der Waals surface area contributed by atoms with Crippen molar-refractivity contribution in [1.82, 2.24) is 9.80 Å². The van der Waals surface area contributed by atoms with E-state index in [-0.39, 0.29) is 12.5 Å². The van der Waals surface area contributed by atoms with Gasteiger partial charge < -0.3 is 14.7 Å². The molecule has 2 aromatic carbocycles. The van der Waals surface area contributed by atoms with Crippen LogP contribution in [0, 0.1) is 0 Å². The van der Waals surface area contributed by atoms with Gasteiger partial charge in [0.1, 0.15) is 12.4 Å². The number of carbonyl (C=O) groups excluding carboxylic acids is 1. The van der Waals surface area contributed by atoms with Gasteiger partial charge in [0.25, 0.3) is 5.91 Å². The number of amides is 1. The first-order valence-corrected chi connectivity index (χ1v) is 8.66. The van der Waals surface area contributed by atoms with Gasteiger partial charge in [0, 0.05) is 43.9 Å². The molecule has 0 atom stereocenters. The van der Waals surface area contributed by atoms with Gasteiger partial charge in [-0.3, -0.25) is 9.69 Å². The number of aliphatic hydroxyl groups excluding tert-OH is 1. The summed E-state index contributed by atoms with van der Waals surface area (Å²) in [5.74, 6) is 0.922. The van der Waals surface area contributed by atoms with Gasteiger partial charge in [-0.2, -0.15) is 0 Å². The first kappa shape index (κ1) is 17.5. The Morgan fingerprint density at radius 1 is 0.960 bits per heavy atom. The molecule has 5 heteroatoms. The molecular formula is C20H24N2O3. The molecule has 25 heavy (non-hydrogen) atoms. The van der Waals surface area contributed by atoms with Crippen molar-refractivity contribution in [2.24, 2.45) is 0 Å². The van der Waals surface area contributed by atoms with Crippen molar-refractivity contribution in [1.29, 1.82) is 0 Å². The van der Waals surface area contributed by atoms with Crippen LogP contribution in [0.4, 0.5) is 0 Å². The number of aliphatic hydroxyl groups is 1. The first-order chi connectivity index (χ1) is 12.3. The third-order valence-corrected chi connectivity index (χ3v) is 4.40. The second-order valence-electron chi connectivity index (χ2n) is 6.11. The van der Waals surface area contributed by atoms with Crippen molar-refractivity contribution >= 4 is 5.91 Å². The Hall–Kier alpha value is -2.37. The van der Waals surface area contributed by atoms with Crippen molar-refractivity contribution in [2.75, 3.05) is 39.4 Å². The molecule has 1 N–H and O–H groups in total. The first-order valence-electron chi connectivity index (χ1n) is 8.66. The highest BCUT2D eigenvalue weighted by Crippen LogP contribution is 2.21. The number of ether oxygens (including phenoxy) is 1. The molecule has 1 amide bonds. The van der Waals surface area contributed by atoms with Gasteiger partial charge in [0.2, 0.25) is 0 Å². The Bertz CT molecular complexity index is 682. The Labute approximate surface area is 148 Å². The maximum atomic E-state index is 12.5. The summed E-state index contributed by atoms with van der Waals surface area (Å²) in [6.07, 6.45) is 0. The smallest absolute Gasteiger partial charge is 0.253 e. The van der Waals surface area contributed by atoms with Crippen LogP contribution in [0.5, 0.6) is 5.75 Å². The van der Waals surface area contributed by atoms with Crippen LogP contribution < -0.4 is 4.74 Å². The van der Waals surface area contributed by atoms with E-state index in [2.05, 4.69) is 4.90 Å². The highest BCUT2D eigenvalue weighted by Gasteiger charge is 2.22. The fourth-order valence-electron chi connectivity index (χ4n) is 3.04. The van der Waals surface area contributed by atoms with E-state index in [0.29, 0.717) is 6.61 Å². The maximum Gasteiger partial charge on any atom is 0.253 e. The topological polar surface area (TPSA) is 53.0 Å². The van der Waals surface area contributed by atoms with Crippen LogP contribution in [-0.4, -0.2) is 60.2 Å². The molecule has 1 aliphatic heterocycles. The molecule has 1 fully saturated rings. The number of nitrogens with zero attached hydrogens (tertiary/aromatic N) is 2. The lowest BCUT2D eigenvalue weighted by Gasteiger charge is -2.35. The summed E-state index contributed by atoms with van der Waals surface area (Å²) < 4.78 is 5.60. The largest absolute Gasteiger partial charge is 0.491 e. The normalized spacial score (nSPS) is 15.2. The Morgan fingerprint density at radius 3 is 2.36 bits per heavy atom. The van der Waals surface area contributed by atoms with E-state index in [4.69, 9.17) is 9.84 Å². The lowest BCUT2D eigenvalue weighted by Crippen LogP contribution is -2.48. The van der Waals surface area contributed by atoms with Crippen LogP contribution in [0.1, 0.15) is 15.9 Å². The van der Waals surface area contributed by atoms with E-state index in [1.807, 2.05) is 59.5 Å². The van der Waals surface area contributed by atoms with Crippen LogP contribution in [0.15, 0.2) is 54.6 Å². The summed E-state index contributed by atoms with van der Waals surface area (Å²) >= 11 is 0. The number of piperazine rings is 1. The molecule has 1 saturated heterocycles. The molecular weight excluding hydrogens is 316 g/mol. The van der Waals surface area contributed by atoms with E-state index in [1.165, 1.54) is 0 Å². The van der Waals surface area contributed by atoms with Crippen molar-refractivity contribution < 1.29 is 14.6 Å². The summed E-state index contributed by atoms with van der Waals surface area (Å²) in [5, 5.41) is 8.94. The number of para-hydroxylation sites is 1. The van der Waals surface area contributed by atoms with Gasteiger partial charge in [0.05, 0.1) is 6.61 Å². The molecule has 0 radical (unpaired) electrons. The molecule has 1 heterocycles. The van der Waals surface area contributed by atoms with Gasteiger partial charge in [-0.25, -0.2) is 0 Å². The summed E-state index contributed by atoms with van der Waals surface area (Å²) in [6, 6.07) is 17.4. The SMILES string of the molecule is O=C(c1ccccc1)N1CCN(Cc2ccccc2OCCO)CC1. The van der Waals surface area contributed by atoms with Crippen LogP contribution in [0.2, 0.25) is 0 Å². The van der Waals surface area contributed by atoms with E-state index in [9.17, 15) is 4.79 Å². The summed E-state index contributed by atoms with van der Waals surface area (Å²) in [4.78, 5) is 16.7. The third-order valence-electron chi connectivity index (χ3n) is 4.40. The molecule has 0 aliphatic carbocycles. The third kappa shape index (κ3) is 4.59. The number of carbonyl (C=O) groups is 1. The standard InChI is InChI=1S/C20H24N2O3/c23-14-15-25-19-9-5-4-8-18(19)16-21-10-12-22(13-11-21)20(24)17-6-2-1-3-7-17/h1-9,23H,10-16H2. The van der Waals surface area contributed by atoms with Crippen molar-refractivity contribution in [3.63, 3.8) is 0 Å². The summed E-state index contributed by atoms with van der Waals surface area (Å²) in [6.45, 7) is 4.24. The highest BCUT2D eigenvalue weighted by atomic mass is 16.5. The molecule has 5 nitrogen and oxygen atoms in total.